The molecule has 1 aromatic carbocycles. The molecule has 3 heteroatoms. The lowest BCUT2D eigenvalue weighted by Gasteiger charge is -2.17. The van der Waals surface area contributed by atoms with E-state index in [9.17, 15) is 4.79 Å². The van der Waals surface area contributed by atoms with Gasteiger partial charge in [-0.3, -0.25) is 4.89 Å². The van der Waals surface area contributed by atoms with Gasteiger partial charge in [0.15, 0.2) is 0 Å². The Bertz CT molecular complexity index is 649. The molecule has 1 aromatic rings. The molecule has 0 bridgehead atoms. The Morgan fingerprint density at radius 2 is 0.879 bits per heavy atom. The van der Waals surface area contributed by atoms with Crippen molar-refractivity contribution in [1.29, 1.82) is 0 Å². The summed E-state index contributed by atoms with van der Waals surface area (Å²) in [6.07, 6.45) is 20.9. The van der Waals surface area contributed by atoms with E-state index >= 15 is 0 Å². The summed E-state index contributed by atoms with van der Waals surface area (Å²) in [7, 11) is 0. The van der Waals surface area contributed by atoms with Gasteiger partial charge < -0.3 is 0 Å². The summed E-state index contributed by atoms with van der Waals surface area (Å²) in [5.41, 5.74) is 6.19. The molecule has 0 saturated carbocycles. The Balaban J connectivity index is 1.98. The Morgan fingerprint density at radius 3 is 1.27 bits per heavy atom. The molecule has 0 amide bonds. The number of rotatable bonds is 19. The minimum atomic E-state index is -0.370. The summed E-state index contributed by atoms with van der Waals surface area (Å²) in [5, 5.41) is 0. The van der Waals surface area contributed by atoms with Crippen LogP contribution in [0, 0.1) is 41.5 Å². The molecule has 0 spiro atoms. The molecule has 0 heterocycles. The van der Waals surface area contributed by atoms with Gasteiger partial charge in [-0.15, -0.1) is 0 Å². The standard InChI is InChI=1S/C30H51O3/c1-7-8-9-10-11-12-13-14-15-16-17-18-19-20-21-22-23-32-33-30(31)29-27(5)25(3)24(2)26(4)28(29)6/h1,7-23H2,2-6H3. The second-order valence-electron chi connectivity index (χ2n) is 9.85. The highest BCUT2D eigenvalue weighted by Gasteiger charge is 2.20. The third-order valence-electron chi connectivity index (χ3n) is 7.32. The zero-order chi connectivity index (χ0) is 24.5. The number of carbonyl (C=O) groups is 1. The maximum absolute atomic E-state index is 12.5. The zero-order valence-corrected chi connectivity index (χ0v) is 22.5. The van der Waals surface area contributed by atoms with Crippen LogP contribution in [0.3, 0.4) is 0 Å². The van der Waals surface area contributed by atoms with Crippen LogP contribution in [0.5, 0.6) is 0 Å². The summed E-state index contributed by atoms with van der Waals surface area (Å²) in [6.45, 7) is 14.6. The monoisotopic (exact) mass is 459 g/mol. The van der Waals surface area contributed by atoms with Gasteiger partial charge in [0.25, 0.3) is 0 Å². The molecule has 0 aromatic heterocycles. The third-order valence-corrected chi connectivity index (χ3v) is 7.32. The van der Waals surface area contributed by atoms with Gasteiger partial charge in [0.05, 0.1) is 12.2 Å². The van der Waals surface area contributed by atoms with Crippen LogP contribution in [0.4, 0.5) is 0 Å². The van der Waals surface area contributed by atoms with Crippen LogP contribution in [0.2, 0.25) is 0 Å². The van der Waals surface area contributed by atoms with Crippen molar-refractivity contribution in [3.05, 3.63) is 40.3 Å². The van der Waals surface area contributed by atoms with Gasteiger partial charge in [0.2, 0.25) is 0 Å². The highest BCUT2D eigenvalue weighted by molar-refractivity contribution is 5.93. The zero-order valence-electron chi connectivity index (χ0n) is 22.5. The highest BCUT2D eigenvalue weighted by Crippen LogP contribution is 2.26. The predicted octanol–water partition coefficient (Wildman–Crippen LogP) is 9.39. The van der Waals surface area contributed by atoms with Crippen LogP contribution in [0.1, 0.15) is 141 Å². The maximum atomic E-state index is 12.5. The Hall–Kier alpha value is -1.35. The molecule has 0 aliphatic rings. The van der Waals surface area contributed by atoms with Crippen molar-refractivity contribution < 1.29 is 14.6 Å². The van der Waals surface area contributed by atoms with Crippen molar-refractivity contribution in [2.75, 3.05) is 6.61 Å². The number of benzene rings is 1. The van der Waals surface area contributed by atoms with Crippen molar-refractivity contribution in [3.63, 3.8) is 0 Å². The average molecular weight is 460 g/mol. The van der Waals surface area contributed by atoms with E-state index in [0.29, 0.717) is 12.2 Å². The minimum Gasteiger partial charge on any atom is -0.293 e. The summed E-state index contributed by atoms with van der Waals surface area (Å²) < 4.78 is 0. The first-order chi connectivity index (χ1) is 15.9. The lowest BCUT2D eigenvalue weighted by atomic mass is 9.90. The first kappa shape index (κ1) is 29.7. The van der Waals surface area contributed by atoms with Gasteiger partial charge >= 0.3 is 5.97 Å². The van der Waals surface area contributed by atoms with Crippen molar-refractivity contribution in [2.24, 2.45) is 0 Å². The van der Waals surface area contributed by atoms with Crippen molar-refractivity contribution in [2.45, 2.75) is 137 Å². The van der Waals surface area contributed by atoms with E-state index in [1.807, 2.05) is 13.8 Å². The molecule has 0 N–H and O–H groups in total. The second-order valence-corrected chi connectivity index (χ2v) is 9.85. The topological polar surface area (TPSA) is 35.5 Å². The Kier molecular flexibility index (Phi) is 16.2. The van der Waals surface area contributed by atoms with Gasteiger partial charge in [0.1, 0.15) is 0 Å². The van der Waals surface area contributed by atoms with E-state index in [0.717, 1.165) is 41.5 Å². The molecule has 1 rings (SSSR count). The summed E-state index contributed by atoms with van der Waals surface area (Å²) in [5.74, 6) is -0.370. The quantitative estimate of drug-likeness (QED) is 0.117. The Labute approximate surface area is 205 Å². The van der Waals surface area contributed by atoms with Crippen LogP contribution in [0.25, 0.3) is 0 Å². The molecule has 0 saturated heterocycles. The van der Waals surface area contributed by atoms with Crippen LogP contribution >= 0.6 is 0 Å². The fourth-order valence-corrected chi connectivity index (χ4v) is 4.58. The van der Waals surface area contributed by atoms with Crippen LogP contribution in [-0.2, 0) is 9.78 Å². The van der Waals surface area contributed by atoms with E-state index in [2.05, 4.69) is 27.7 Å². The van der Waals surface area contributed by atoms with E-state index in [4.69, 9.17) is 9.78 Å². The average Bonchev–Trinajstić information content (AvgIpc) is 2.80. The molecular formula is C30H51O3. The van der Waals surface area contributed by atoms with Crippen molar-refractivity contribution >= 4 is 5.97 Å². The van der Waals surface area contributed by atoms with Gasteiger partial charge in [-0.25, -0.2) is 4.79 Å². The van der Waals surface area contributed by atoms with Crippen LogP contribution < -0.4 is 0 Å². The predicted molar refractivity (Wildman–Crippen MR) is 141 cm³/mol. The van der Waals surface area contributed by atoms with E-state index in [1.54, 1.807) is 0 Å². The fourth-order valence-electron chi connectivity index (χ4n) is 4.58. The van der Waals surface area contributed by atoms with Crippen molar-refractivity contribution in [3.8, 4) is 0 Å². The molecule has 33 heavy (non-hydrogen) atoms. The molecule has 0 aliphatic heterocycles. The smallest absolute Gasteiger partial charge is 0.293 e. The van der Waals surface area contributed by atoms with Crippen molar-refractivity contribution in [1.82, 2.24) is 0 Å². The molecular weight excluding hydrogens is 408 g/mol. The molecule has 3 nitrogen and oxygen atoms in total. The molecule has 0 fully saturated rings. The third kappa shape index (κ3) is 11.6. The van der Waals surface area contributed by atoms with Crippen LogP contribution in [0.15, 0.2) is 0 Å². The number of hydrogen-bond donors (Lipinski definition) is 0. The Morgan fingerprint density at radius 1 is 0.545 bits per heavy atom. The van der Waals surface area contributed by atoms with Gasteiger partial charge in [-0.1, -0.05) is 103 Å². The summed E-state index contributed by atoms with van der Waals surface area (Å²) >= 11 is 0. The molecule has 0 atom stereocenters. The first-order valence-electron chi connectivity index (χ1n) is 13.6. The molecule has 1 radical (unpaired) electrons. The molecule has 189 valence electrons. The van der Waals surface area contributed by atoms with E-state index in [-0.39, 0.29) is 5.97 Å². The summed E-state index contributed by atoms with van der Waals surface area (Å²) in [4.78, 5) is 22.9. The van der Waals surface area contributed by atoms with Crippen LogP contribution in [-0.4, -0.2) is 12.6 Å². The second kappa shape index (κ2) is 18.0. The largest absolute Gasteiger partial charge is 0.373 e. The molecule has 0 aliphatic carbocycles. The van der Waals surface area contributed by atoms with Gasteiger partial charge in [0, 0.05) is 0 Å². The maximum Gasteiger partial charge on any atom is 0.373 e. The van der Waals surface area contributed by atoms with Gasteiger partial charge in [-0.2, -0.15) is 4.89 Å². The molecule has 0 unspecified atom stereocenters. The lowest BCUT2D eigenvalue weighted by molar-refractivity contribution is -0.241. The number of unbranched alkanes of at least 4 members (excludes halogenated alkanes) is 15. The number of carbonyl (C=O) groups excluding carboxylic acids is 1. The normalized spacial score (nSPS) is 11.2. The highest BCUT2D eigenvalue weighted by atomic mass is 17.2. The minimum absolute atomic E-state index is 0.370. The fraction of sp³-hybridized carbons (Fsp3) is 0.733. The lowest BCUT2D eigenvalue weighted by Crippen LogP contribution is -2.13. The van der Waals surface area contributed by atoms with E-state index < -0.39 is 0 Å². The number of hydrogen-bond acceptors (Lipinski definition) is 3. The van der Waals surface area contributed by atoms with E-state index in [1.165, 1.54) is 89.0 Å². The SMILES string of the molecule is [CH2]CCCCCCCCCCCCCCCCCOOC(=O)c1c(C)c(C)c(C)c(C)c1C. The summed E-state index contributed by atoms with van der Waals surface area (Å²) in [6, 6.07) is 0. The first-order valence-corrected chi connectivity index (χ1v) is 13.6. The van der Waals surface area contributed by atoms with Gasteiger partial charge in [-0.05, 0) is 68.9 Å².